The molecule has 1 aliphatic rings. The Kier molecular flexibility index (Phi) is 3.01. The highest BCUT2D eigenvalue weighted by Crippen LogP contribution is 2.21. The van der Waals surface area contributed by atoms with Crippen LogP contribution in [0.4, 0.5) is 5.82 Å². The van der Waals surface area contributed by atoms with Crippen LogP contribution in [0.2, 0.25) is 0 Å². The summed E-state index contributed by atoms with van der Waals surface area (Å²) >= 11 is 0. The van der Waals surface area contributed by atoms with Gasteiger partial charge in [0.2, 0.25) is 5.91 Å². The van der Waals surface area contributed by atoms with Crippen LogP contribution in [0.3, 0.4) is 0 Å². The third-order valence-electron chi connectivity index (χ3n) is 2.70. The molecule has 0 saturated carbocycles. The van der Waals surface area contributed by atoms with Gasteiger partial charge in [-0.25, -0.2) is 0 Å². The van der Waals surface area contributed by atoms with Crippen LogP contribution in [-0.2, 0) is 9.53 Å². The Morgan fingerprint density at radius 3 is 3.27 bits per heavy atom. The van der Waals surface area contributed by atoms with Gasteiger partial charge in [0, 0.05) is 12.7 Å². The number of nitrogens with zero attached hydrogens (tertiary/aromatic N) is 1. The van der Waals surface area contributed by atoms with Crippen LogP contribution in [0.5, 0.6) is 0 Å². The van der Waals surface area contributed by atoms with Gasteiger partial charge in [-0.3, -0.25) is 9.89 Å². The van der Waals surface area contributed by atoms with Crippen molar-refractivity contribution >= 4 is 11.7 Å². The molecule has 1 amide bonds. The van der Waals surface area contributed by atoms with Gasteiger partial charge < -0.3 is 10.1 Å². The van der Waals surface area contributed by atoms with E-state index in [1.807, 2.05) is 6.92 Å². The summed E-state index contributed by atoms with van der Waals surface area (Å²) in [5.41, 5.74) is 0. The van der Waals surface area contributed by atoms with Crippen LogP contribution < -0.4 is 5.32 Å². The van der Waals surface area contributed by atoms with E-state index in [0.29, 0.717) is 5.82 Å². The van der Waals surface area contributed by atoms with E-state index in [0.717, 1.165) is 19.4 Å². The Morgan fingerprint density at radius 1 is 1.73 bits per heavy atom. The first-order valence-corrected chi connectivity index (χ1v) is 5.19. The number of nitrogens with one attached hydrogen (secondary N) is 2. The van der Waals surface area contributed by atoms with E-state index < -0.39 is 0 Å². The normalized spacial score (nSPS) is 26.2. The number of amides is 1. The molecular weight excluding hydrogens is 194 g/mol. The third-order valence-corrected chi connectivity index (χ3v) is 2.70. The van der Waals surface area contributed by atoms with Crippen molar-refractivity contribution in [3.8, 4) is 0 Å². The van der Waals surface area contributed by atoms with Crippen molar-refractivity contribution in [2.45, 2.75) is 25.9 Å². The van der Waals surface area contributed by atoms with E-state index in [9.17, 15) is 4.79 Å². The monoisotopic (exact) mass is 209 g/mol. The minimum absolute atomic E-state index is 0.00155. The predicted octanol–water partition coefficient (Wildman–Crippen LogP) is 1.16. The number of hydrogen-bond donors (Lipinski definition) is 2. The molecule has 1 aromatic heterocycles. The largest absolute Gasteiger partial charge is 0.378 e. The molecule has 2 unspecified atom stereocenters. The van der Waals surface area contributed by atoms with Crippen LogP contribution in [0.1, 0.15) is 19.8 Å². The highest BCUT2D eigenvalue weighted by atomic mass is 16.5. The number of anilines is 1. The Bertz CT molecular complexity index is 323. The maximum Gasteiger partial charge on any atom is 0.231 e. The summed E-state index contributed by atoms with van der Waals surface area (Å²) in [5, 5.41) is 9.25. The van der Waals surface area contributed by atoms with Gasteiger partial charge in [-0.1, -0.05) is 0 Å². The number of aromatic nitrogens is 2. The van der Waals surface area contributed by atoms with E-state index in [4.69, 9.17) is 4.74 Å². The van der Waals surface area contributed by atoms with E-state index in [1.165, 1.54) is 0 Å². The maximum absolute atomic E-state index is 11.8. The number of aromatic amines is 1. The molecule has 0 aromatic carbocycles. The van der Waals surface area contributed by atoms with E-state index in [1.54, 1.807) is 12.3 Å². The fraction of sp³-hybridized carbons (Fsp3) is 0.600. The van der Waals surface area contributed by atoms with Gasteiger partial charge in [0.05, 0.1) is 18.2 Å². The van der Waals surface area contributed by atoms with Gasteiger partial charge in [0.15, 0.2) is 0 Å². The average molecular weight is 209 g/mol. The highest BCUT2D eigenvalue weighted by Gasteiger charge is 2.28. The zero-order valence-electron chi connectivity index (χ0n) is 8.69. The number of ether oxygens (including phenoxy) is 1. The molecule has 1 aromatic rings. The molecule has 0 aliphatic carbocycles. The van der Waals surface area contributed by atoms with E-state index >= 15 is 0 Å². The molecular formula is C10H15N3O2. The Balaban J connectivity index is 1.95. The van der Waals surface area contributed by atoms with Gasteiger partial charge in [-0.05, 0) is 19.8 Å². The van der Waals surface area contributed by atoms with Crippen molar-refractivity contribution in [2.24, 2.45) is 5.92 Å². The van der Waals surface area contributed by atoms with Crippen molar-refractivity contribution < 1.29 is 9.53 Å². The van der Waals surface area contributed by atoms with Crippen molar-refractivity contribution in [3.63, 3.8) is 0 Å². The summed E-state index contributed by atoms with van der Waals surface area (Å²) in [6, 6.07) is 1.73. The van der Waals surface area contributed by atoms with E-state index in [-0.39, 0.29) is 17.9 Å². The SMILES string of the molecule is CC1OCCCC1C(=O)Nc1ccn[nH]1. The average Bonchev–Trinajstić information content (AvgIpc) is 2.71. The molecule has 0 bridgehead atoms. The minimum Gasteiger partial charge on any atom is -0.378 e. The molecule has 5 nitrogen and oxygen atoms in total. The van der Waals surface area contributed by atoms with Crippen molar-refractivity contribution in [3.05, 3.63) is 12.3 Å². The second-order valence-corrected chi connectivity index (χ2v) is 3.78. The quantitative estimate of drug-likeness (QED) is 0.768. The molecule has 0 radical (unpaired) electrons. The summed E-state index contributed by atoms with van der Waals surface area (Å²) in [6.45, 7) is 2.70. The molecule has 2 N–H and O–H groups in total. The first-order valence-electron chi connectivity index (χ1n) is 5.19. The number of H-pyrrole nitrogens is 1. The fourth-order valence-electron chi connectivity index (χ4n) is 1.82. The number of rotatable bonds is 2. The Morgan fingerprint density at radius 2 is 2.60 bits per heavy atom. The summed E-state index contributed by atoms with van der Waals surface area (Å²) in [7, 11) is 0. The standard InChI is InChI=1S/C10H15N3O2/c1-7-8(3-2-6-15-7)10(14)12-9-4-5-11-13-9/h4-5,7-8H,2-3,6H2,1H3,(H2,11,12,13,14). The zero-order valence-corrected chi connectivity index (χ0v) is 8.69. The Hall–Kier alpha value is -1.36. The second-order valence-electron chi connectivity index (χ2n) is 3.78. The van der Waals surface area contributed by atoms with Gasteiger partial charge >= 0.3 is 0 Å². The molecule has 5 heteroatoms. The van der Waals surface area contributed by atoms with Crippen LogP contribution in [0.25, 0.3) is 0 Å². The van der Waals surface area contributed by atoms with Crippen molar-refractivity contribution in [1.29, 1.82) is 0 Å². The molecule has 0 spiro atoms. The van der Waals surface area contributed by atoms with Crippen LogP contribution in [-0.4, -0.2) is 28.8 Å². The van der Waals surface area contributed by atoms with Crippen molar-refractivity contribution in [1.82, 2.24) is 10.2 Å². The topological polar surface area (TPSA) is 67.0 Å². The lowest BCUT2D eigenvalue weighted by Crippen LogP contribution is -2.36. The van der Waals surface area contributed by atoms with Crippen LogP contribution in [0.15, 0.2) is 12.3 Å². The highest BCUT2D eigenvalue weighted by molar-refractivity contribution is 5.92. The predicted molar refractivity (Wildman–Crippen MR) is 55.4 cm³/mol. The smallest absolute Gasteiger partial charge is 0.231 e. The second kappa shape index (κ2) is 4.44. The lowest BCUT2D eigenvalue weighted by atomic mass is 9.94. The summed E-state index contributed by atoms with van der Waals surface area (Å²) in [4.78, 5) is 11.8. The minimum atomic E-state index is -0.0537. The maximum atomic E-state index is 11.8. The van der Waals surface area contributed by atoms with Gasteiger partial charge in [-0.15, -0.1) is 0 Å². The van der Waals surface area contributed by atoms with Gasteiger partial charge in [-0.2, -0.15) is 5.10 Å². The summed E-state index contributed by atoms with van der Waals surface area (Å²) < 4.78 is 5.44. The van der Waals surface area contributed by atoms with Crippen LogP contribution in [0, 0.1) is 5.92 Å². The number of hydrogen-bond acceptors (Lipinski definition) is 3. The van der Waals surface area contributed by atoms with Crippen LogP contribution >= 0.6 is 0 Å². The number of carbonyl (C=O) groups excluding carboxylic acids is 1. The molecule has 1 fully saturated rings. The number of carbonyl (C=O) groups is 1. The molecule has 82 valence electrons. The lowest BCUT2D eigenvalue weighted by Gasteiger charge is -2.27. The Labute approximate surface area is 88.2 Å². The molecule has 15 heavy (non-hydrogen) atoms. The summed E-state index contributed by atoms with van der Waals surface area (Å²) in [5.74, 6) is 0.589. The molecule has 1 saturated heterocycles. The van der Waals surface area contributed by atoms with Crippen molar-refractivity contribution in [2.75, 3.05) is 11.9 Å². The lowest BCUT2D eigenvalue weighted by molar-refractivity contribution is -0.127. The third kappa shape index (κ3) is 2.36. The van der Waals surface area contributed by atoms with Gasteiger partial charge in [0.1, 0.15) is 5.82 Å². The first kappa shape index (κ1) is 10.2. The molecule has 2 heterocycles. The first-order chi connectivity index (χ1) is 7.27. The molecule has 2 rings (SSSR count). The van der Waals surface area contributed by atoms with Gasteiger partial charge in [0.25, 0.3) is 0 Å². The summed E-state index contributed by atoms with van der Waals surface area (Å²) in [6.07, 6.45) is 3.45. The molecule has 2 atom stereocenters. The van der Waals surface area contributed by atoms with E-state index in [2.05, 4.69) is 15.5 Å². The fourth-order valence-corrected chi connectivity index (χ4v) is 1.82. The molecule has 1 aliphatic heterocycles. The zero-order chi connectivity index (χ0) is 10.7.